The number of halogens is 3. The lowest BCUT2D eigenvalue weighted by molar-refractivity contribution is 1.61. The van der Waals surface area contributed by atoms with Gasteiger partial charge in [-0.2, -0.15) is 11.1 Å². The Hall–Kier alpha value is 0.00377. The van der Waals surface area contributed by atoms with Crippen molar-refractivity contribution < 1.29 is 0 Å². The summed E-state index contributed by atoms with van der Waals surface area (Å²) in [5.41, 5.74) is 0. The van der Waals surface area contributed by atoms with Crippen LogP contribution in [-0.2, 0) is 0 Å². The molecule has 0 saturated carbocycles. The van der Waals surface area contributed by atoms with Crippen LogP contribution in [-0.4, -0.2) is 14.1 Å². The average Bonchev–Trinajstić information content (AvgIpc) is 2.29. The zero-order valence-corrected chi connectivity index (χ0v) is 15.8. The van der Waals surface area contributed by atoms with Gasteiger partial charge in [0, 0.05) is 0 Å². The predicted molar refractivity (Wildman–Crippen MR) is 96.9 cm³/mol. The Morgan fingerprint density at radius 1 is 0.947 bits per heavy atom. The summed E-state index contributed by atoms with van der Waals surface area (Å²) in [6.45, 7) is 9.20. The van der Waals surface area contributed by atoms with Crippen molar-refractivity contribution in [2.24, 2.45) is 0 Å². The maximum absolute atomic E-state index is 6.19. The molecule has 0 unspecified atom stereocenters. The topological polar surface area (TPSA) is 0 Å². The third-order valence-electron chi connectivity index (χ3n) is 2.23. The number of allylic oxidation sites excluding steroid dienone is 2. The molecule has 1 rings (SSSR count). The zero-order valence-electron chi connectivity index (χ0n) is 11.5. The van der Waals surface area contributed by atoms with Crippen molar-refractivity contribution in [3.8, 4) is 0 Å². The Kier molecular flexibility index (Phi) is 9.04. The van der Waals surface area contributed by atoms with Crippen molar-refractivity contribution in [1.82, 2.24) is 0 Å². The van der Waals surface area contributed by atoms with Crippen LogP contribution in [0.5, 0.6) is 0 Å². The summed E-state index contributed by atoms with van der Waals surface area (Å²) in [6.07, 6.45) is 3.67. The quantitative estimate of drug-likeness (QED) is 0.367. The smallest absolute Gasteiger partial charge is 0.167 e. The second-order valence-electron chi connectivity index (χ2n) is 4.77. The molecule has 0 nitrogen and oxygen atoms in total. The molecule has 0 aliphatic rings. The van der Waals surface area contributed by atoms with Gasteiger partial charge >= 0.3 is 0 Å². The van der Waals surface area contributed by atoms with Gasteiger partial charge in [-0.05, 0) is 17.3 Å². The maximum Gasteiger partial charge on any atom is 0.284 e. The van der Waals surface area contributed by atoms with Gasteiger partial charge in [0.05, 0.1) is 0 Å². The minimum atomic E-state index is -2.25. The number of hydrogen-bond donors (Lipinski definition) is 0. The first-order chi connectivity index (χ1) is 8.73. The molecule has 5 heteroatoms. The van der Waals surface area contributed by atoms with E-state index < -0.39 is 14.1 Å². The molecular weight excluding hydrogens is 331 g/mol. The first-order valence-corrected chi connectivity index (χ1v) is 14.5. The molecule has 0 fully saturated rings. The summed E-state index contributed by atoms with van der Waals surface area (Å²) < 4.78 is 0. The van der Waals surface area contributed by atoms with Crippen molar-refractivity contribution >= 4 is 52.5 Å². The molecule has 0 saturated heterocycles. The summed E-state index contributed by atoms with van der Waals surface area (Å²) in [6, 6.07) is 11.5. The lowest BCUT2D eigenvalue weighted by Crippen LogP contribution is -2.35. The summed E-state index contributed by atoms with van der Waals surface area (Å²) >= 11 is 18.3. The van der Waals surface area contributed by atoms with Gasteiger partial charge < -0.3 is 0 Å². The molecular formula is C14H21Cl3Si2. The second kappa shape index (κ2) is 9.03. The van der Waals surface area contributed by atoms with E-state index in [9.17, 15) is 0 Å². The van der Waals surface area contributed by atoms with Gasteiger partial charge in [0.1, 0.15) is 0 Å². The van der Waals surface area contributed by atoms with Crippen LogP contribution in [0.2, 0.25) is 25.2 Å². The summed E-state index contributed by atoms with van der Waals surface area (Å²) in [5, 5.41) is 1.05. The molecule has 106 valence electrons. The van der Waals surface area contributed by atoms with Gasteiger partial charge in [-0.15, -0.1) is 35.3 Å². The standard InChI is InChI=1S/C9H10Cl2Si.C5H11ClSi/c1-2-8-12(10,11)9-6-4-3-5-7-9;1-4-5-7(2,3)6/h2-7H,1,8H2;4H,1,5H2,2-3H3. The molecule has 0 radical (unpaired) electrons. The minimum absolute atomic E-state index is 0.695. The SMILES string of the molecule is C=CC[Si](C)(C)Cl.C=CC[Si](Cl)(Cl)c1ccccc1. The molecule has 19 heavy (non-hydrogen) atoms. The van der Waals surface area contributed by atoms with Crippen LogP contribution in [0.3, 0.4) is 0 Å². The number of benzene rings is 1. The highest BCUT2D eigenvalue weighted by atomic mass is 35.7. The van der Waals surface area contributed by atoms with Crippen molar-refractivity contribution in [1.29, 1.82) is 0 Å². The van der Waals surface area contributed by atoms with Gasteiger partial charge in [0.2, 0.25) is 0 Å². The van der Waals surface area contributed by atoms with E-state index in [-0.39, 0.29) is 0 Å². The number of rotatable bonds is 5. The highest BCUT2D eigenvalue weighted by Gasteiger charge is 2.28. The molecule has 1 aromatic carbocycles. The van der Waals surface area contributed by atoms with E-state index in [4.69, 9.17) is 33.2 Å². The Bertz CT molecular complexity index is 383. The molecule has 0 aliphatic heterocycles. The lowest BCUT2D eigenvalue weighted by atomic mass is 10.4. The molecule has 0 amide bonds. The Morgan fingerprint density at radius 3 is 1.74 bits per heavy atom. The third kappa shape index (κ3) is 9.52. The molecule has 0 bridgehead atoms. The van der Waals surface area contributed by atoms with Crippen LogP contribution in [0, 0.1) is 0 Å². The van der Waals surface area contributed by atoms with Crippen LogP contribution in [0.15, 0.2) is 55.6 Å². The second-order valence-corrected chi connectivity index (χ2v) is 18.5. The van der Waals surface area contributed by atoms with Gasteiger partial charge in [-0.3, -0.25) is 0 Å². The van der Waals surface area contributed by atoms with E-state index in [1.165, 1.54) is 0 Å². The van der Waals surface area contributed by atoms with E-state index in [0.29, 0.717) is 6.04 Å². The Balaban J connectivity index is 0.000000399. The molecule has 0 aromatic heterocycles. The molecule has 0 aliphatic carbocycles. The van der Waals surface area contributed by atoms with Crippen molar-refractivity contribution in [2.75, 3.05) is 0 Å². The fourth-order valence-corrected chi connectivity index (χ4v) is 5.03. The lowest BCUT2D eigenvalue weighted by Gasteiger charge is -2.13. The molecule has 0 N–H and O–H groups in total. The maximum atomic E-state index is 6.19. The fourth-order valence-electron chi connectivity index (χ4n) is 1.32. The Labute approximate surface area is 133 Å². The first kappa shape index (κ1) is 19.0. The largest absolute Gasteiger partial charge is 0.284 e. The fraction of sp³-hybridized carbons (Fsp3) is 0.286. The van der Waals surface area contributed by atoms with Crippen molar-refractivity contribution in [3.63, 3.8) is 0 Å². The van der Waals surface area contributed by atoms with Gasteiger partial charge in [-0.1, -0.05) is 55.6 Å². The zero-order chi connectivity index (χ0) is 14.9. The summed E-state index contributed by atoms with van der Waals surface area (Å²) in [5.74, 6) is 0. The van der Waals surface area contributed by atoms with E-state index in [0.717, 1.165) is 11.2 Å². The average molecular weight is 352 g/mol. The molecule has 1 aromatic rings. The highest BCUT2D eigenvalue weighted by Crippen LogP contribution is 2.20. The van der Waals surface area contributed by atoms with Crippen LogP contribution in [0.4, 0.5) is 0 Å². The minimum Gasteiger partial charge on any atom is -0.167 e. The van der Waals surface area contributed by atoms with Crippen LogP contribution < -0.4 is 5.19 Å². The third-order valence-corrected chi connectivity index (χ3v) is 8.16. The summed E-state index contributed by atoms with van der Waals surface area (Å²) in [4.78, 5) is 0. The predicted octanol–water partition coefficient (Wildman–Crippen LogP) is 5.62. The van der Waals surface area contributed by atoms with Gasteiger partial charge in [0.25, 0.3) is 6.69 Å². The monoisotopic (exact) mass is 350 g/mol. The molecule has 0 spiro atoms. The normalized spacial score (nSPS) is 11.2. The highest BCUT2D eigenvalue weighted by molar-refractivity contribution is 7.51. The number of hydrogen-bond acceptors (Lipinski definition) is 0. The van der Waals surface area contributed by atoms with Crippen molar-refractivity contribution in [3.05, 3.63) is 55.6 Å². The van der Waals surface area contributed by atoms with E-state index in [2.05, 4.69) is 26.3 Å². The van der Waals surface area contributed by atoms with Crippen molar-refractivity contribution in [2.45, 2.75) is 25.2 Å². The first-order valence-electron chi connectivity index (χ1n) is 6.07. The van der Waals surface area contributed by atoms with Gasteiger partial charge in [-0.25, -0.2) is 0 Å². The van der Waals surface area contributed by atoms with Gasteiger partial charge in [0.15, 0.2) is 7.38 Å². The van der Waals surface area contributed by atoms with Crippen LogP contribution in [0.1, 0.15) is 0 Å². The molecule has 0 heterocycles. The van der Waals surface area contributed by atoms with Crippen LogP contribution >= 0.6 is 33.2 Å². The summed E-state index contributed by atoms with van der Waals surface area (Å²) in [7, 11) is -1.30. The van der Waals surface area contributed by atoms with Crippen LogP contribution in [0.25, 0.3) is 0 Å². The van der Waals surface area contributed by atoms with E-state index in [1.54, 1.807) is 6.08 Å². The molecule has 0 atom stereocenters. The Morgan fingerprint density at radius 2 is 1.42 bits per heavy atom. The van der Waals surface area contributed by atoms with E-state index in [1.807, 2.05) is 36.4 Å². The van der Waals surface area contributed by atoms with E-state index >= 15 is 0 Å².